The summed E-state index contributed by atoms with van der Waals surface area (Å²) in [4.78, 5) is 11.8. The van der Waals surface area contributed by atoms with Crippen LogP contribution in [0, 0.1) is 0 Å². The molecule has 0 saturated carbocycles. The average Bonchev–Trinajstić information content (AvgIpc) is 2.38. The molecule has 2 aliphatic rings. The first kappa shape index (κ1) is 15.7. The Hall–Kier alpha value is -0.670. The van der Waals surface area contributed by atoms with Gasteiger partial charge in [-0.25, -0.2) is 16.8 Å². The molecule has 0 radical (unpaired) electrons. The number of amides is 1. The summed E-state index contributed by atoms with van der Waals surface area (Å²) in [5.41, 5.74) is 0. The predicted molar refractivity (Wildman–Crippen MR) is 74.4 cm³/mol. The van der Waals surface area contributed by atoms with Gasteiger partial charge in [0.05, 0.1) is 16.8 Å². The normalized spacial score (nSPS) is 29.1. The molecule has 2 heterocycles. The van der Waals surface area contributed by atoms with E-state index in [1.54, 1.807) is 6.92 Å². The van der Waals surface area contributed by atoms with Gasteiger partial charge in [-0.3, -0.25) is 4.79 Å². The van der Waals surface area contributed by atoms with Gasteiger partial charge in [-0.05, 0) is 19.3 Å². The summed E-state index contributed by atoms with van der Waals surface area (Å²) in [7, 11) is -6.72. The van der Waals surface area contributed by atoms with Crippen LogP contribution in [0.25, 0.3) is 0 Å². The molecule has 1 unspecified atom stereocenters. The van der Waals surface area contributed by atoms with Gasteiger partial charge in [-0.1, -0.05) is 6.92 Å². The molecule has 2 fully saturated rings. The summed E-state index contributed by atoms with van der Waals surface area (Å²) < 4.78 is 49.3. The van der Waals surface area contributed by atoms with Crippen molar-refractivity contribution in [2.45, 2.75) is 37.5 Å². The lowest BCUT2D eigenvalue weighted by Gasteiger charge is -2.36. The van der Waals surface area contributed by atoms with E-state index >= 15 is 0 Å². The van der Waals surface area contributed by atoms with E-state index in [2.05, 4.69) is 5.32 Å². The van der Waals surface area contributed by atoms with E-state index in [1.165, 1.54) is 4.31 Å². The van der Waals surface area contributed by atoms with Gasteiger partial charge in [0, 0.05) is 13.1 Å². The Bertz CT molecular complexity index is 570. The summed E-state index contributed by atoms with van der Waals surface area (Å²) in [6, 6.07) is -0.674. The zero-order valence-corrected chi connectivity index (χ0v) is 13.0. The molecule has 9 heteroatoms. The van der Waals surface area contributed by atoms with Gasteiger partial charge in [-0.2, -0.15) is 4.31 Å². The first-order chi connectivity index (χ1) is 9.28. The van der Waals surface area contributed by atoms with Crippen LogP contribution in [-0.4, -0.2) is 62.9 Å². The molecule has 2 saturated heterocycles. The van der Waals surface area contributed by atoms with Crippen LogP contribution in [0.1, 0.15) is 26.2 Å². The number of hydrogen-bond acceptors (Lipinski definition) is 5. The molecule has 2 aliphatic heterocycles. The van der Waals surface area contributed by atoms with Crippen LogP contribution >= 0.6 is 0 Å². The van der Waals surface area contributed by atoms with Crippen molar-refractivity contribution in [3.05, 3.63) is 0 Å². The van der Waals surface area contributed by atoms with E-state index in [4.69, 9.17) is 0 Å². The molecular weight excluding hydrogens is 304 g/mol. The highest BCUT2D eigenvalue weighted by molar-refractivity contribution is 7.92. The van der Waals surface area contributed by atoms with Gasteiger partial charge < -0.3 is 5.32 Å². The number of carbonyl (C=O) groups is 1. The third kappa shape index (κ3) is 2.99. The molecule has 1 amide bonds. The molecule has 0 aliphatic carbocycles. The molecule has 1 N–H and O–H groups in total. The number of rotatable bonds is 3. The van der Waals surface area contributed by atoms with Gasteiger partial charge in [0.25, 0.3) is 0 Å². The smallest absolute Gasteiger partial charge is 0.238 e. The van der Waals surface area contributed by atoms with Crippen LogP contribution < -0.4 is 5.32 Å². The first-order valence-electron chi connectivity index (χ1n) is 6.76. The summed E-state index contributed by atoms with van der Waals surface area (Å²) in [6.45, 7) is 2.33. The molecule has 0 aromatic rings. The minimum absolute atomic E-state index is 0.0896. The monoisotopic (exact) mass is 324 g/mol. The average molecular weight is 324 g/mol. The molecule has 20 heavy (non-hydrogen) atoms. The number of piperazine rings is 1. The number of sulfone groups is 1. The fraction of sp³-hybridized carbons (Fsp3) is 0.909. The number of nitrogens with zero attached hydrogens (tertiary/aromatic N) is 1. The second kappa shape index (κ2) is 5.61. The molecule has 0 aromatic heterocycles. The van der Waals surface area contributed by atoms with E-state index in [9.17, 15) is 21.6 Å². The molecule has 0 bridgehead atoms. The van der Waals surface area contributed by atoms with Gasteiger partial charge in [0.15, 0.2) is 0 Å². The fourth-order valence-corrected chi connectivity index (χ4v) is 6.69. The lowest BCUT2D eigenvalue weighted by atomic mass is 10.2. The van der Waals surface area contributed by atoms with Crippen LogP contribution in [-0.2, 0) is 24.7 Å². The quantitative estimate of drug-likeness (QED) is 0.725. The fourth-order valence-electron chi connectivity index (χ4n) is 2.75. The van der Waals surface area contributed by atoms with E-state index in [0.717, 1.165) is 0 Å². The number of sulfonamides is 1. The Morgan fingerprint density at radius 1 is 1.30 bits per heavy atom. The largest absolute Gasteiger partial charge is 0.353 e. The van der Waals surface area contributed by atoms with Crippen molar-refractivity contribution in [3.8, 4) is 0 Å². The van der Waals surface area contributed by atoms with Crippen molar-refractivity contribution in [2.24, 2.45) is 0 Å². The van der Waals surface area contributed by atoms with Crippen molar-refractivity contribution in [2.75, 3.05) is 24.6 Å². The van der Waals surface area contributed by atoms with Gasteiger partial charge in [0.1, 0.15) is 15.9 Å². The zero-order chi connectivity index (χ0) is 15.0. The number of hydrogen-bond donors (Lipinski definition) is 1. The molecular formula is C11H20N2O5S2. The summed E-state index contributed by atoms with van der Waals surface area (Å²) in [5, 5.41) is 1.97. The van der Waals surface area contributed by atoms with Crippen LogP contribution in [0.15, 0.2) is 0 Å². The third-order valence-corrected chi connectivity index (χ3v) is 8.04. The lowest BCUT2D eigenvalue weighted by molar-refractivity contribution is -0.126. The zero-order valence-electron chi connectivity index (χ0n) is 11.4. The summed E-state index contributed by atoms with van der Waals surface area (Å²) >= 11 is 0. The SMILES string of the molecule is CCC1C(=O)NCCN1S(=O)(=O)C1CCS(=O)(=O)CC1. The minimum atomic E-state index is -3.62. The van der Waals surface area contributed by atoms with E-state index in [0.29, 0.717) is 13.0 Å². The Balaban J connectivity index is 2.19. The van der Waals surface area contributed by atoms with Crippen molar-refractivity contribution in [1.82, 2.24) is 9.62 Å². The maximum absolute atomic E-state index is 12.6. The second-order valence-corrected chi connectivity index (χ2v) is 9.69. The van der Waals surface area contributed by atoms with Crippen LogP contribution in [0.2, 0.25) is 0 Å². The maximum atomic E-state index is 12.6. The Labute approximate surface area is 119 Å². The lowest BCUT2D eigenvalue weighted by Crippen LogP contribution is -2.59. The Kier molecular flexibility index (Phi) is 4.41. The number of nitrogens with one attached hydrogen (secondary N) is 1. The van der Waals surface area contributed by atoms with Crippen LogP contribution in [0.4, 0.5) is 0 Å². The van der Waals surface area contributed by atoms with E-state index < -0.39 is 31.2 Å². The van der Waals surface area contributed by atoms with E-state index in [-0.39, 0.29) is 36.8 Å². The molecule has 1 atom stereocenters. The molecule has 0 aromatic carbocycles. The first-order valence-corrected chi connectivity index (χ1v) is 10.1. The highest BCUT2D eigenvalue weighted by Crippen LogP contribution is 2.25. The van der Waals surface area contributed by atoms with Gasteiger partial charge >= 0.3 is 0 Å². The summed E-state index contributed by atoms with van der Waals surface area (Å²) in [6.07, 6.45) is 0.661. The molecule has 7 nitrogen and oxygen atoms in total. The standard InChI is InChI=1S/C11H20N2O5S2/c1-2-10-11(14)12-5-6-13(10)20(17,18)9-3-7-19(15,16)8-4-9/h9-10H,2-8H2,1H3,(H,12,14). The Morgan fingerprint density at radius 2 is 1.90 bits per heavy atom. The highest BCUT2D eigenvalue weighted by atomic mass is 32.2. The number of carbonyl (C=O) groups excluding carboxylic acids is 1. The Morgan fingerprint density at radius 3 is 2.45 bits per heavy atom. The van der Waals surface area contributed by atoms with Crippen molar-refractivity contribution >= 4 is 25.8 Å². The predicted octanol–water partition coefficient (Wildman–Crippen LogP) is -0.896. The third-order valence-electron chi connectivity index (χ3n) is 3.92. The highest BCUT2D eigenvalue weighted by Gasteiger charge is 2.42. The maximum Gasteiger partial charge on any atom is 0.238 e. The molecule has 2 rings (SSSR count). The van der Waals surface area contributed by atoms with Crippen molar-refractivity contribution in [1.29, 1.82) is 0 Å². The van der Waals surface area contributed by atoms with Crippen molar-refractivity contribution < 1.29 is 21.6 Å². The summed E-state index contributed by atoms with van der Waals surface area (Å²) in [5.74, 6) is -0.452. The molecule has 0 spiro atoms. The topological polar surface area (TPSA) is 101 Å². The minimum Gasteiger partial charge on any atom is -0.353 e. The van der Waals surface area contributed by atoms with E-state index in [1.807, 2.05) is 0 Å². The van der Waals surface area contributed by atoms with Gasteiger partial charge in [-0.15, -0.1) is 0 Å². The molecule has 116 valence electrons. The van der Waals surface area contributed by atoms with Crippen molar-refractivity contribution in [3.63, 3.8) is 0 Å². The van der Waals surface area contributed by atoms with Crippen LogP contribution in [0.5, 0.6) is 0 Å². The van der Waals surface area contributed by atoms with Crippen LogP contribution in [0.3, 0.4) is 0 Å². The van der Waals surface area contributed by atoms with Gasteiger partial charge in [0.2, 0.25) is 15.9 Å². The second-order valence-electron chi connectivity index (χ2n) is 5.22.